The molecule has 2 heterocycles. The molecule has 1 aromatic heterocycles. The van der Waals surface area contributed by atoms with Crippen LogP contribution in [-0.2, 0) is 6.54 Å². The number of thioether (sulfide) groups is 2. The van der Waals surface area contributed by atoms with Gasteiger partial charge in [-0.3, -0.25) is 9.69 Å². The van der Waals surface area contributed by atoms with Crippen LogP contribution >= 0.6 is 58.3 Å². The molecule has 0 N–H and O–H groups in total. The monoisotopic (exact) mass is 447 g/mol. The van der Waals surface area contributed by atoms with Gasteiger partial charge >= 0.3 is 0 Å². The van der Waals surface area contributed by atoms with Gasteiger partial charge in [-0.25, -0.2) is 0 Å². The van der Waals surface area contributed by atoms with Crippen LogP contribution in [-0.4, -0.2) is 58.8 Å². The molecule has 0 aliphatic carbocycles. The number of aromatic nitrogens is 1. The Morgan fingerprint density at radius 1 is 1.19 bits per heavy atom. The van der Waals surface area contributed by atoms with Crippen molar-refractivity contribution >= 4 is 64.2 Å². The van der Waals surface area contributed by atoms with Crippen LogP contribution in [0.1, 0.15) is 15.9 Å². The molecule has 0 spiro atoms. The molecule has 0 bridgehead atoms. The molecule has 1 saturated heterocycles. The maximum atomic E-state index is 13.0. The van der Waals surface area contributed by atoms with Crippen molar-refractivity contribution in [2.45, 2.75) is 15.8 Å². The van der Waals surface area contributed by atoms with Crippen molar-refractivity contribution in [2.24, 2.45) is 0 Å². The number of hydrogen-bond acceptors (Lipinski definition) is 6. The first-order valence-electron chi connectivity index (χ1n) is 8.06. The zero-order chi connectivity index (χ0) is 18.7. The fourth-order valence-corrected chi connectivity index (χ4v) is 5.61. The fourth-order valence-electron chi connectivity index (χ4n) is 2.88. The van der Waals surface area contributed by atoms with Gasteiger partial charge in [-0.05, 0) is 41.7 Å². The van der Waals surface area contributed by atoms with Gasteiger partial charge in [0.05, 0.1) is 9.77 Å². The highest BCUT2D eigenvalue weighted by molar-refractivity contribution is 8.01. The minimum Gasteiger partial charge on any atom is -0.336 e. The van der Waals surface area contributed by atoms with Gasteiger partial charge in [0.1, 0.15) is 5.03 Å². The van der Waals surface area contributed by atoms with E-state index in [2.05, 4.69) is 9.27 Å². The van der Waals surface area contributed by atoms with E-state index in [9.17, 15) is 4.79 Å². The van der Waals surface area contributed by atoms with E-state index in [-0.39, 0.29) is 5.91 Å². The lowest BCUT2D eigenvalue weighted by Crippen LogP contribution is -2.48. The highest BCUT2D eigenvalue weighted by atomic mass is 35.5. The molecule has 1 aromatic carbocycles. The van der Waals surface area contributed by atoms with Crippen molar-refractivity contribution in [2.75, 3.05) is 38.7 Å². The molecule has 1 fully saturated rings. The summed E-state index contributed by atoms with van der Waals surface area (Å²) in [6.07, 6.45) is 3.95. The van der Waals surface area contributed by atoms with E-state index in [1.54, 1.807) is 17.8 Å². The number of rotatable bonds is 5. The molecule has 4 nitrogen and oxygen atoms in total. The Balaban J connectivity index is 1.63. The topological polar surface area (TPSA) is 36.4 Å². The number of piperazine rings is 1. The summed E-state index contributed by atoms with van der Waals surface area (Å²) in [5.74, 6) is 0.0941. The fraction of sp³-hybridized carbons (Fsp3) is 0.412. The first-order valence-corrected chi connectivity index (χ1v) is 12.0. The Hall–Kier alpha value is -0.440. The van der Waals surface area contributed by atoms with E-state index in [4.69, 9.17) is 23.2 Å². The Bertz CT molecular complexity index is 770. The van der Waals surface area contributed by atoms with Crippen molar-refractivity contribution in [3.63, 3.8) is 0 Å². The summed E-state index contributed by atoms with van der Waals surface area (Å²) < 4.78 is 5.40. The second kappa shape index (κ2) is 9.17. The Morgan fingerprint density at radius 2 is 1.92 bits per heavy atom. The van der Waals surface area contributed by atoms with Crippen LogP contribution in [0.3, 0.4) is 0 Å². The van der Waals surface area contributed by atoms with Crippen LogP contribution in [0, 0.1) is 0 Å². The lowest BCUT2D eigenvalue weighted by Gasteiger charge is -2.35. The molecule has 2 aromatic rings. The Kier molecular flexibility index (Phi) is 7.16. The van der Waals surface area contributed by atoms with Crippen molar-refractivity contribution in [3.8, 4) is 0 Å². The normalized spacial score (nSPS) is 15.5. The van der Waals surface area contributed by atoms with Gasteiger partial charge in [-0.1, -0.05) is 29.3 Å². The smallest absolute Gasteiger partial charge is 0.258 e. The Labute approximate surface area is 176 Å². The molecule has 1 aliphatic rings. The third kappa shape index (κ3) is 4.51. The SMILES string of the molecule is CSc1nsc(SC)c1C(=O)N1CCN(Cc2ccc(Cl)cc2Cl)CC1. The summed E-state index contributed by atoms with van der Waals surface area (Å²) in [4.78, 5) is 17.2. The predicted molar refractivity (Wildman–Crippen MR) is 113 cm³/mol. The summed E-state index contributed by atoms with van der Waals surface area (Å²) in [7, 11) is 0. The minimum atomic E-state index is 0.0941. The molecule has 140 valence electrons. The van der Waals surface area contributed by atoms with E-state index in [0.717, 1.165) is 40.0 Å². The van der Waals surface area contributed by atoms with E-state index in [1.165, 1.54) is 23.3 Å². The molecule has 1 aliphatic heterocycles. The van der Waals surface area contributed by atoms with Crippen molar-refractivity contribution in [1.29, 1.82) is 0 Å². The minimum absolute atomic E-state index is 0.0941. The first kappa shape index (κ1) is 20.3. The molecule has 0 radical (unpaired) electrons. The summed E-state index contributed by atoms with van der Waals surface area (Å²) >= 11 is 16.8. The number of amides is 1. The predicted octanol–water partition coefficient (Wildman–Crippen LogP) is 4.85. The van der Waals surface area contributed by atoms with Gasteiger partial charge in [-0.15, -0.1) is 23.5 Å². The molecule has 0 saturated carbocycles. The van der Waals surface area contributed by atoms with Crippen molar-refractivity contribution < 1.29 is 4.79 Å². The van der Waals surface area contributed by atoms with Crippen LogP contribution in [0.4, 0.5) is 0 Å². The largest absolute Gasteiger partial charge is 0.336 e. The highest BCUT2D eigenvalue weighted by Crippen LogP contribution is 2.33. The van der Waals surface area contributed by atoms with Gasteiger partial charge in [0.2, 0.25) is 0 Å². The molecule has 9 heteroatoms. The number of benzene rings is 1. The first-order chi connectivity index (χ1) is 12.5. The quantitative estimate of drug-likeness (QED) is 0.611. The van der Waals surface area contributed by atoms with Crippen molar-refractivity contribution in [3.05, 3.63) is 39.4 Å². The molecular formula is C17H19Cl2N3OS3. The number of carbonyl (C=O) groups is 1. The molecule has 1 amide bonds. The molecule has 26 heavy (non-hydrogen) atoms. The second-order valence-electron chi connectivity index (χ2n) is 5.86. The zero-order valence-electron chi connectivity index (χ0n) is 14.5. The maximum Gasteiger partial charge on any atom is 0.258 e. The number of nitrogens with zero attached hydrogens (tertiary/aromatic N) is 3. The lowest BCUT2D eigenvalue weighted by atomic mass is 10.2. The average Bonchev–Trinajstić information content (AvgIpc) is 3.07. The van der Waals surface area contributed by atoms with E-state index >= 15 is 0 Å². The third-order valence-corrected chi connectivity index (χ3v) is 7.62. The van der Waals surface area contributed by atoms with E-state index in [0.29, 0.717) is 23.1 Å². The maximum absolute atomic E-state index is 13.0. The second-order valence-corrected chi connectivity index (χ2v) is 9.35. The summed E-state index contributed by atoms with van der Waals surface area (Å²) in [6.45, 7) is 3.84. The van der Waals surface area contributed by atoms with Gasteiger partial charge in [-0.2, -0.15) is 4.37 Å². The standard InChI is InChI=1S/C17H19Cl2N3OS3/c1-24-15-14(17(25-2)26-20-15)16(23)22-7-5-21(6-8-22)10-11-3-4-12(18)9-13(11)19/h3-4,9H,5-8,10H2,1-2H3. The molecular weight excluding hydrogens is 429 g/mol. The Morgan fingerprint density at radius 3 is 2.54 bits per heavy atom. The van der Waals surface area contributed by atoms with Gasteiger partial charge in [0, 0.05) is 42.8 Å². The summed E-state index contributed by atoms with van der Waals surface area (Å²) in [5.41, 5.74) is 1.83. The van der Waals surface area contributed by atoms with E-state index < -0.39 is 0 Å². The highest BCUT2D eigenvalue weighted by Gasteiger charge is 2.28. The summed E-state index contributed by atoms with van der Waals surface area (Å²) in [5, 5.41) is 2.17. The zero-order valence-corrected chi connectivity index (χ0v) is 18.5. The number of halogens is 2. The molecule has 0 unspecified atom stereocenters. The summed E-state index contributed by atoms with van der Waals surface area (Å²) in [6, 6.07) is 5.60. The third-order valence-electron chi connectivity index (χ3n) is 4.29. The van der Waals surface area contributed by atoms with Crippen molar-refractivity contribution in [1.82, 2.24) is 14.2 Å². The average molecular weight is 448 g/mol. The number of hydrogen-bond donors (Lipinski definition) is 0. The number of carbonyl (C=O) groups excluding carboxylic acids is 1. The van der Waals surface area contributed by atoms with Crippen LogP contribution < -0.4 is 0 Å². The van der Waals surface area contributed by atoms with Crippen LogP contribution in [0.15, 0.2) is 27.4 Å². The van der Waals surface area contributed by atoms with Crippen LogP contribution in [0.5, 0.6) is 0 Å². The van der Waals surface area contributed by atoms with Crippen LogP contribution in [0.25, 0.3) is 0 Å². The lowest BCUT2D eigenvalue weighted by molar-refractivity contribution is 0.0622. The van der Waals surface area contributed by atoms with Crippen LogP contribution in [0.2, 0.25) is 10.0 Å². The van der Waals surface area contributed by atoms with Gasteiger partial charge in [0.15, 0.2) is 0 Å². The van der Waals surface area contributed by atoms with E-state index in [1.807, 2.05) is 29.5 Å². The van der Waals surface area contributed by atoms with Gasteiger partial charge in [0.25, 0.3) is 5.91 Å². The molecule has 3 rings (SSSR count). The molecule has 0 atom stereocenters. The van der Waals surface area contributed by atoms with Gasteiger partial charge < -0.3 is 4.90 Å².